The number of benzene rings is 1. The van der Waals surface area contributed by atoms with Crippen LogP contribution in [0.5, 0.6) is 11.5 Å². The predicted octanol–water partition coefficient (Wildman–Crippen LogP) is 2.33. The number of ether oxygens (including phenoxy) is 4. The van der Waals surface area contributed by atoms with Gasteiger partial charge in [-0.2, -0.15) is 0 Å². The summed E-state index contributed by atoms with van der Waals surface area (Å²) >= 11 is 0. The molecule has 0 bridgehead atoms. The molecule has 0 radical (unpaired) electrons. The zero-order valence-electron chi connectivity index (χ0n) is 11.4. The lowest BCUT2D eigenvalue weighted by molar-refractivity contribution is -0.134. The standard InChI is InChI=1S/C14H19NO4/c1-14(18-6-7-19-14)9-11(15)10-4-5-12(16-2)13(8-10)17-3/h4-8,11H,9,15H2,1-3H3. The molecule has 19 heavy (non-hydrogen) atoms. The number of hydrogen-bond donors (Lipinski definition) is 1. The third-order valence-electron chi connectivity index (χ3n) is 3.12. The van der Waals surface area contributed by atoms with Crippen LogP contribution in [0.3, 0.4) is 0 Å². The average Bonchev–Trinajstić information content (AvgIpc) is 2.84. The molecule has 0 saturated carbocycles. The number of methoxy groups -OCH3 is 2. The Morgan fingerprint density at radius 2 is 1.79 bits per heavy atom. The van der Waals surface area contributed by atoms with E-state index >= 15 is 0 Å². The molecule has 0 spiro atoms. The van der Waals surface area contributed by atoms with Crippen molar-refractivity contribution in [2.24, 2.45) is 5.73 Å². The Labute approximate surface area is 112 Å². The summed E-state index contributed by atoms with van der Waals surface area (Å²) in [7, 11) is 3.20. The smallest absolute Gasteiger partial charge is 0.248 e. The number of hydrogen-bond acceptors (Lipinski definition) is 5. The SMILES string of the molecule is COc1ccc(C(N)CC2(C)OC=CO2)cc1OC. The molecule has 1 heterocycles. The van der Waals surface area contributed by atoms with E-state index in [0.29, 0.717) is 17.9 Å². The average molecular weight is 265 g/mol. The fourth-order valence-corrected chi connectivity index (χ4v) is 2.07. The van der Waals surface area contributed by atoms with Crippen molar-refractivity contribution in [1.82, 2.24) is 0 Å². The van der Waals surface area contributed by atoms with E-state index in [-0.39, 0.29) is 6.04 Å². The van der Waals surface area contributed by atoms with Gasteiger partial charge in [0.1, 0.15) is 12.5 Å². The third kappa shape index (κ3) is 2.93. The molecule has 1 atom stereocenters. The molecule has 0 aliphatic carbocycles. The molecule has 104 valence electrons. The van der Waals surface area contributed by atoms with E-state index in [1.165, 1.54) is 12.5 Å². The minimum absolute atomic E-state index is 0.218. The van der Waals surface area contributed by atoms with Crippen molar-refractivity contribution < 1.29 is 18.9 Å². The summed E-state index contributed by atoms with van der Waals surface area (Å²) in [4.78, 5) is 0. The van der Waals surface area contributed by atoms with E-state index in [1.807, 2.05) is 25.1 Å². The second-order valence-electron chi connectivity index (χ2n) is 4.57. The van der Waals surface area contributed by atoms with Crippen LogP contribution in [0.4, 0.5) is 0 Å². The van der Waals surface area contributed by atoms with E-state index < -0.39 is 5.79 Å². The van der Waals surface area contributed by atoms with Crippen molar-refractivity contribution in [3.05, 3.63) is 36.3 Å². The van der Waals surface area contributed by atoms with E-state index in [4.69, 9.17) is 24.7 Å². The van der Waals surface area contributed by atoms with Crippen LogP contribution in [0.15, 0.2) is 30.7 Å². The summed E-state index contributed by atoms with van der Waals surface area (Å²) in [6.45, 7) is 1.85. The molecule has 1 aliphatic rings. The molecular formula is C14H19NO4. The summed E-state index contributed by atoms with van der Waals surface area (Å²) in [5.41, 5.74) is 7.13. The van der Waals surface area contributed by atoms with Crippen molar-refractivity contribution in [1.29, 1.82) is 0 Å². The lowest BCUT2D eigenvalue weighted by Crippen LogP contribution is -2.30. The Hall–Kier alpha value is -1.88. The van der Waals surface area contributed by atoms with Crippen LogP contribution in [0.2, 0.25) is 0 Å². The van der Waals surface area contributed by atoms with Gasteiger partial charge >= 0.3 is 0 Å². The number of rotatable bonds is 5. The monoisotopic (exact) mass is 265 g/mol. The molecule has 5 heteroatoms. The maximum absolute atomic E-state index is 6.19. The molecule has 1 aromatic rings. The van der Waals surface area contributed by atoms with Crippen molar-refractivity contribution in [2.75, 3.05) is 14.2 Å². The molecule has 0 aromatic heterocycles. The second-order valence-corrected chi connectivity index (χ2v) is 4.57. The van der Waals surface area contributed by atoms with Gasteiger partial charge in [0.05, 0.1) is 14.2 Å². The maximum atomic E-state index is 6.19. The Morgan fingerprint density at radius 3 is 2.37 bits per heavy atom. The van der Waals surface area contributed by atoms with E-state index in [0.717, 1.165) is 5.56 Å². The highest BCUT2D eigenvalue weighted by atomic mass is 16.7. The first-order valence-corrected chi connectivity index (χ1v) is 6.06. The van der Waals surface area contributed by atoms with Crippen molar-refractivity contribution in [3.63, 3.8) is 0 Å². The van der Waals surface area contributed by atoms with Crippen LogP contribution in [0.1, 0.15) is 24.9 Å². The van der Waals surface area contributed by atoms with Gasteiger partial charge in [0.2, 0.25) is 5.79 Å². The van der Waals surface area contributed by atoms with Crippen molar-refractivity contribution in [3.8, 4) is 11.5 Å². The molecule has 0 amide bonds. The minimum Gasteiger partial charge on any atom is -0.493 e. The zero-order chi connectivity index (χ0) is 13.9. The molecule has 1 aliphatic heterocycles. The lowest BCUT2D eigenvalue weighted by atomic mass is 9.99. The van der Waals surface area contributed by atoms with Crippen LogP contribution in [0.25, 0.3) is 0 Å². The predicted molar refractivity (Wildman–Crippen MR) is 70.8 cm³/mol. The van der Waals surface area contributed by atoms with Crippen LogP contribution >= 0.6 is 0 Å². The normalized spacial score (nSPS) is 17.5. The summed E-state index contributed by atoms with van der Waals surface area (Å²) < 4.78 is 21.3. The summed E-state index contributed by atoms with van der Waals surface area (Å²) in [6, 6.07) is 5.41. The summed E-state index contributed by atoms with van der Waals surface area (Å²) in [6.07, 6.45) is 3.60. The highest BCUT2D eigenvalue weighted by Crippen LogP contribution is 2.34. The van der Waals surface area contributed by atoms with Crippen LogP contribution in [-0.4, -0.2) is 20.0 Å². The molecule has 1 aromatic carbocycles. The van der Waals surface area contributed by atoms with Gasteiger partial charge in [-0.15, -0.1) is 0 Å². The molecule has 2 N–H and O–H groups in total. The van der Waals surface area contributed by atoms with Gasteiger partial charge < -0.3 is 24.7 Å². The van der Waals surface area contributed by atoms with Gasteiger partial charge in [0.25, 0.3) is 0 Å². The summed E-state index contributed by atoms with van der Waals surface area (Å²) in [5, 5.41) is 0. The minimum atomic E-state index is -0.702. The molecule has 5 nitrogen and oxygen atoms in total. The highest BCUT2D eigenvalue weighted by molar-refractivity contribution is 5.43. The fourth-order valence-electron chi connectivity index (χ4n) is 2.07. The Kier molecular flexibility index (Phi) is 3.85. The van der Waals surface area contributed by atoms with Gasteiger partial charge in [-0.25, -0.2) is 0 Å². The summed E-state index contributed by atoms with van der Waals surface area (Å²) in [5.74, 6) is 0.638. The number of nitrogens with two attached hydrogens (primary N) is 1. The van der Waals surface area contributed by atoms with Gasteiger partial charge in [-0.05, 0) is 17.7 Å². The quantitative estimate of drug-likeness (QED) is 0.885. The lowest BCUT2D eigenvalue weighted by Gasteiger charge is -2.26. The van der Waals surface area contributed by atoms with Gasteiger partial charge in [-0.3, -0.25) is 0 Å². The first kappa shape index (κ1) is 13.5. The first-order chi connectivity index (χ1) is 9.08. The van der Waals surface area contributed by atoms with Crippen LogP contribution < -0.4 is 15.2 Å². The van der Waals surface area contributed by atoms with Crippen molar-refractivity contribution >= 4 is 0 Å². The van der Waals surface area contributed by atoms with E-state index in [9.17, 15) is 0 Å². The maximum Gasteiger partial charge on any atom is 0.248 e. The molecule has 1 unspecified atom stereocenters. The topological polar surface area (TPSA) is 62.9 Å². The molecule has 0 saturated heterocycles. The Morgan fingerprint density at radius 1 is 1.16 bits per heavy atom. The second kappa shape index (κ2) is 5.40. The highest BCUT2D eigenvalue weighted by Gasteiger charge is 2.32. The third-order valence-corrected chi connectivity index (χ3v) is 3.12. The Balaban J connectivity index is 2.12. The first-order valence-electron chi connectivity index (χ1n) is 6.06. The van der Waals surface area contributed by atoms with Gasteiger partial charge in [-0.1, -0.05) is 6.07 Å². The van der Waals surface area contributed by atoms with Crippen molar-refractivity contribution in [2.45, 2.75) is 25.2 Å². The van der Waals surface area contributed by atoms with E-state index in [2.05, 4.69) is 0 Å². The Bertz CT molecular complexity index is 465. The van der Waals surface area contributed by atoms with Gasteiger partial charge in [0.15, 0.2) is 11.5 Å². The van der Waals surface area contributed by atoms with Crippen LogP contribution in [0, 0.1) is 0 Å². The van der Waals surface area contributed by atoms with Gasteiger partial charge in [0, 0.05) is 19.4 Å². The van der Waals surface area contributed by atoms with Crippen LogP contribution in [-0.2, 0) is 9.47 Å². The molecular weight excluding hydrogens is 246 g/mol. The fraction of sp³-hybridized carbons (Fsp3) is 0.429. The molecule has 2 rings (SSSR count). The zero-order valence-corrected chi connectivity index (χ0v) is 11.4. The molecule has 0 fully saturated rings. The largest absolute Gasteiger partial charge is 0.493 e. The van der Waals surface area contributed by atoms with E-state index in [1.54, 1.807) is 14.2 Å².